The summed E-state index contributed by atoms with van der Waals surface area (Å²) in [5, 5.41) is 1.67. The van der Waals surface area contributed by atoms with Crippen molar-refractivity contribution < 1.29 is 13.9 Å². The summed E-state index contributed by atoms with van der Waals surface area (Å²) in [6.45, 7) is 0.620. The van der Waals surface area contributed by atoms with Gasteiger partial charge in [-0.25, -0.2) is 4.99 Å². The molecule has 0 atom stereocenters. The molecule has 37 heavy (non-hydrogen) atoms. The number of ether oxygens (including phenoxy) is 1. The summed E-state index contributed by atoms with van der Waals surface area (Å²) >= 11 is 17.4. The predicted octanol–water partition coefficient (Wildman–Crippen LogP) is 8.73. The van der Waals surface area contributed by atoms with E-state index in [0.29, 0.717) is 42.7 Å². The molecule has 0 spiro atoms. The number of para-hydroxylation sites is 1. The van der Waals surface area contributed by atoms with Crippen LogP contribution in [0.5, 0.6) is 5.75 Å². The second kappa shape index (κ2) is 11.6. The van der Waals surface area contributed by atoms with Crippen molar-refractivity contribution in [2.45, 2.75) is 13.2 Å². The molecule has 1 aromatic heterocycles. The van der Waals surface area contributed by atoms with Gasteiger partial charge in [0.25, 0.3) is 5.91 Å². The number of nitrogens with zero attached hydrogens (tertiary/aromatic N) is 2. The van der Waals surface area contributed by atoms with E-state index in [-0.39, 0.29) is 12.5 Å². The maximum Gasteiger partial charge on any atom is 0.267 e. The van der Waals surface area contributed by atoms with E-state index in [1.165, 1.54) is 11.8 Å². The lowest BCUT2D eigenvalue weighted by Crippen LogP contribution is -2.28. The highest BCUT2D eigenvalue weighted by atomic mass is 79.9. The minimum absolute atomic E-state index is 0.161. The Kier molecular flexibility index (Phi) is 8.05. The molecule has 1 amide bonds. The third-order valence-corrected chi connectivity index (χ3v) is 7.51. The molecule has 1 aliphatic heterocycles. The number of halogens is 3. The molecule has 0 saturated carbocycles. The van der Waals surface area contributed by atoms with E-state index in [4.69, 9.17) is 37.3 Å². The van der Waals surface area contributed by atoms with Crippen molar-refractivity contribution in [3.63, 3.8) is 0 Å². The van der Waals surface area contributed by atoms with Gasteiger partial charge in [0.1, 0.15) is 12.4 Å². The lowest BCUT2D eigenvalue weighted by Gasteiger charge is -2.13. The number of amides is 1. The fraction of sp³-hybridized carbons (Fsp3) is 0.0714. The number of thioether (sulfide) groups is 1. The molecule has 0 radical (unpaired) electrons. The first kappa shape index (κ1) is 25.7. The van der Waals surface area contributed by atoms with Crippen molar-refractivity contribution in [2.75, 3.05) is 0 Å². The summed E-state index contributed by atoms with van der Waals surface area (Å²) in [7, 11) is 0. The van der Waals surface area contributed by atoms with Crippen LogP contribution in [0.15, 0.2) is 104 Å². The Morgan fingerprint density at radius 1 is 1.03 bits per heavy atom. The predicted molar refractivity (Wildman–Crippen MR) is 153 cm³/mol. The molecule has 5 nitrogen and oxygen atoms in total. The summed E-state index contributed by atoms with van der Waals surface area (Å²) in [5.41, 5.74) is 2.48. The number of furan rings is 1. The number of rotatable bonds is 7. The SMILES string of the molecule is O=C1/C(=C/c2cc(Cl)c(OCc3ccc(Cl)cc3)c(Br)c2)SC(=Nc2ccccc2)N1Cc1ccco1. The van der Waals surface area contributed by atoms with E-state index in [1.54, 1.807) is 29.4 Å². The number of hydrogen-bond acceptors (Lipinski definition) is 5. The van der Waals surface area contributed by atoms with Gasteiger partial charge in [0.05, 0.1) is 32.9 Å². The average molecular weight is 614 g/mol. The van der Waals surface area contributed by atoms with Gasteiger partial charge in [-0.05, 0) is 93.4 Å². The molecule has 2 heterocycles. The molecule has 9 heteroatoms. The van der Waals surface area contributed by atoms with Gasteiger partial charge in [0.2, 0.25) is 0 Å². The number of amidine groups is 1. The maximum atomic E-state index is 13.4. The van der Waals surface area contributed by atoms with E-state index in [0.717, 1.165) is 16.8 Å². The fourth-order valence-electron chi connectivity index (χ4n) is 3.59. The molecular weight excluding hydrogens is 595 g/mol. The van der Waals surface area contributed by atoms with Crippen molar-refractivity contribution in [1.82, 2.24) is 4.90 Å². The summed E-state index contributed by atoms with van der Waals surface area (Å²) in [4.78, 5) is 20.2. The van der Waals surface area contributed by atoms with Crippen LogP contribution in [0.2, 0.25) is 10.0 Å². The van der Waals surface area contributed by atoms with Gasteiger partial charge < -0.3 is 9.15 Å². The van der Waals surface area contributed by atoms with E-state index in [1.807, 2.05) is 66.7 Å². The molecule has 186 valence electrons. The molecular formula is C28H19BrCl2N2O3S. The first-order chi connectivity index (χ1) is 18.0. The number of aliphatic imine (C=N–C) groups is 1. The minimum atomic E-state index is -0.161. The van der Waals surface area contributed by atoms with Gasteiger partial charge in [0.15, 0.2) is 10.9 Å². The van der Waals surface area contributed by atoms with Gasteiger partial charge in [-0.3, -0.25) is 9.69 Å². The van der Waals surface area contributed by atoms with Crippen LogP contribution >= 0.6 is 50.9 Å². The molecule has 5 rings (SSSR count). The summed E-state index contributed by atoms with van der Waals surface area (Å²) < 4.78 is 12.1. The van der Waals surface area contributed by atoms with E-state index in [9.17, 15) is 4.79 Å². The van der Waals surface area contributed by atoms with Gasteiger partial charge in [-0.2, -0.15) is 0 Å². The van der Waals surface area contributed by atoms with E-state index < -0.39 is 0 Å². The van der Waals surface area contributed by atoms with Crippen LogP contribution in [0.1, 0.15) is 16.9 Å². The quantitative estimate of drug-likeness (QED) is 0.196. The summed E-state index contributed by atoms with van der Waals surface area (Å²) in [6.07, 6.45) is 3.39. The van der Waals surface area contributed by atoms with Gasteiger partial charge in [0, 0.05) is 5.02 Å². The highest BCUT2D eigenvalue weighted by Crippen LogP contribution is 2.39. The fourth-order valence-corrected chi connectivity index (χ4v) is 5.70. The van der Waals surface area contributed by atoms with Crippen LogP contribution in [0, 0.1) is 0 Å². The number of carbonyl (C=O) groups is 1. The zero-order valence-electron chi connectivity index (χ0n) is 19.2. The van der Waals surface area contributed by atoms with Gasteiger partial charge in [-0.15, -0.1) is 0 Å². The Balaban J connectivity index is 1.40. The number of carbonyl (C=O) groups excluding carboxylic acids is 1. The Hall–Kier alpha value is -2.97. The lowest BCUT2D eigenvalue weighted by molar-refractivity contribution is -0.122. The van der Waals surface area contributed by atoms with Gasteiger partial charge >= 0.3 is 0 Å². The minimum Gasteiger partial charge on any atom is -0.486 e. The van der Waals surface area contributed by atoms with Crippen molar-refractivity contribution in [2.24, 2.45) is 4.99 Å². The molecule has 1 fully saturated rings. The Morgan fingerprint density at radius 2 is 1.81 bits per heavy atom. The molecule has 0 N–H and O–H groups in total. The Labute approximate surface area is 236 Å². The van der Waals surface area contributed by atoms with Crippen molar-refractivity contribution in [1.29, 1.82) is 0 Å². The van der Waals surface area contributed by atoms with Crippen LogP contribution < -0.4 is 4.74 Å². The van der Waals surface area contributed by atoms with Gasteiger partial charge in [-0.1, -0.05) is 53.5 Å². The van der Waals surface area contributed by atoms with Crippen molar-refractivity contribution in [3.05, 3.63) is 121 Å². The standard InChI is InChI=1S/C28H19BrCl2N2O3S/c29-23-13-19(14-24(31)26(23)36-17-18-8-10-20(30)11-9-18)15-25-27(34)33(16-22-7-4-12-35-22)28(37-25)32-21-5-2-1-3-6-21/h1-15H,16-17H2/b25-15-,32-28?. The van der Waals surface area contributed by atoms with Crippen molar-refractivity contribution in [3.8, 4) is 5.75 Å². The van der Waals surface area contributed by atoms with Crippen LogP contribution in [0.3, 0.4) is 0 Å². The van der Waals surface area contributed by atoms with Crippen LogP contribution in [-0.4, -0.2) is 16.0 Å². The topological polar surface area (TPSA) is 55.0 Å². The molecule has 0 aliphatic carbocycles. The second-order valence-corrected chi connectivity index (χ2v) is 10.7. The summed E-state index contributed by atoms with van der Waals surface area (Å²) in [6, 6.07) is 24.2. The smallest absolute Gasteiger partial charge is 0.267 e. The van der Waals surface area contributed by atoms with Crippen LogP contribution in [0.25, 0.3) is 6.08 Å². The van der Waals surface area contributed by atoms with Crippen LogP contribution in [-0.2, 0) is 17.9 Å². The maximum absolute atomic E-state index is 13.4. The molecule has 1 aliphatic rings. The number of benzene rings is 3. The highest BCUT2D eigenvalue weighted by molar-refractivity contribution is 9.10. The lowest BCUT2D eigenvalue weighted by atomic mass is 10.2. The molecule has 4 aromatic rings. The highest BCUT2D eigenvalue weighted by Gasteiger charge is 2.34. The third-order valence-electron chi connectivity index (χ3n) is 5.38. The average Bonchev–Trinajstić information content (AvgIpc) is 3.50. The Bertz CT molecular complexity index is 1450. The molecule has 1 saturated heterocycles. The molecule has 0 bridgehead atoms. The first-order valence-corrected chi connectivity index (χ1v) is 13.6. The zero-order chi connectivity index (χ0) is 25.8. The van der Waals surface area contributed by atoms with E-state index in [2.05, 4.69) is 15.9 Å². The number of hydrogen-bond donors (Lipinski definition) is 0. The normalized spacial score (nSPS) is 15.6. The second-order valence-electron chi connectivity index (χ2n) is 8.04. The largest absolute Gasteiger partial charge is 0.486 e. The first-order valence-electron chi connectivity index (χ1n) is 11.2. The van der Waals surface area contributed by atoms with E-state index >= 15 is 0 Å². The molecule has 3 aromatic carbocycles. The summed E-state index contributed by atoms with van der Waals surface area (Å²) in [5.74, 6) is 1.03. The zero-order valence-corrected chi connectivity index (χ0v) is 23.2. The Morgan fingerprint density at radius 3 is 2.51 bits per heavy atom. The van der Waals surface area contributed by atoms with Crippen molar-refractivity contribution >= 4 is 73.7 Å². The third kappa shape index (κ3) is 6.30. The molecule has 0 unspecified atom stereocenters. The monoisotopic (exact) mass is 612 g/mol. The van der Waals surface area contributed by atoms with Crippen LogP contribution in [0.4, 0.5) is 5.69 Å².